The number of nitro benzene ring substituents is 1. The van der Waals surface area contributed by atoms with Gasteiger partial charge in [-0.2, -0.15) is 5.26 Å². The third-order valence-electron chi connectivity index (χ3n) is 3.42. The maximum absolute atomic E-state index is 10.9. The quantitative estimate of drug-likeness (QED) is 0.663. The lowest BCUT2D eigenvalue weighted by atomic mass is 10.0. The van der Waals surface area contributed by atoms with Gasteiger partial charge in [0.05, 0.1) is 11.0 Å². The van der Waals surface area contributed by atoms with E-state index < -0.39 is 4.92 Å². The van der Waals surface area contributed by atoms with Gasteiger partial charge < -0.3 is 10.1 Å². The molecular formula is C13H15N3O3. The predicted octanol–water partition coefficient (Wildman–Crippen LogP) is 2.30. The molecule has 6 heteroatoms. The largest absolute Gasteiger partial charge is 0.384 e. The fraction of sp³-hybridized carbons (Fsp3) is 0.462. The number of nitriles is 1. The second-order valence-corrected chi connectivity index (χ2v) is 4.61. The molecule has 19 heavy (non-hydrogen) atoms. The maximum atomic E-state index is 10.9. The highest BCUT2D eigenvalue weighted by Gasteiger charge is 2.24. The Bertz CT molecular complexity index is 524. The lowest BCUT2D eigenvalue weighted by Gasteiger charge is -2.15. The first-order valence-electron chi connectivity index (χ1n) is 6.16. The number of benzene rings is 1. The lowest BCUT2D eigenvalue weighted by Crippen LogP contribution is -2.20. The van der Waals surface area contributed by atoms with Gasteiger partial charge >= 0.3 is 0 Å². The van der Waals surface area contributed by atoms with Gasteiger partial charge in [-0.05, 0) is 25.5 Å². The molecule has 2 unspecified atom stereocenters. The van der Waals surface area contributed by atoms with Gasteiger partial charge in [-0.1, -0.05) is 0 Å². The molecule has 1 heterocycles. The molecule has 1 aromatic rings. The molecule has 0 bridgehead atoms. The van der Waals surface area contributed by atoms with Crippen LogP contribution in [0.3, 0.4) is 0 Å². The molecule has 2 atom stereocenters. The average molecular weight is 261 g/mol. The molecule has 0 saturated carbocycles. The van der Waals surface area contributed by atoms with Gasteiger partial charge in [0.2, 0.25) is 0 Å². The molecule has 0 spiro atoms. The Balaban J connectivity index is 2.07. The van der Waals surface area contributed by atoms with E-state index in [2.05, 4.69) is 5.32 Å². The summed E-state index contributed by atoms with van der Waals surface area (Å²) in [5.74, 6) is 0.412. The number of nitro groups is 1. The molecule has 100 valence electrons. The van der Waals surface area contributed by atoms with Crippen molar-refractivity contribution >= 4 is 11.4 Å². The summed E-state index contributed by atoms with van der Waals surface area (Å²) in [6.45, 7) is 3.51. The molecule has 1 saturated heterocycles. The molecule has 1 N–H and O–H groups in total. The van der Waals surface area contributed by atoms with Crippen LogP contribution in [-0.2, 0) is 4.74 Å². The van der Waals surface area contributed by atoms with E-state index >= 15 is 0 Å². The summed E-state index contributed by atoms with van der Waals surface area (Å²) in [7, 11) is 0. The molecule has 1 fully saturated rings. The SMILES string of the molecule is CC1OCCC1CNc1ccc(C#N)c([N+](=O)[O-])c1. The highest BCUT2D eigenvalue weighted by molar-refractivity contribution is 5.59. The summed E-state index contributed by atoms with van der Waals surface area (Å²) in [6.07, 6.45) is 1.20. The number of hydrogen-bond acceptors (Lipinski definition) is 5. The van der Waals surface area contributed by atoms with Gasteiger partial charge in [0.25, 0.3) is 5.69 Å². The molecule has 1 aliphatic heterocycles. The Labute approximate surface area is 111 Å². The van der Waals surface area contributed by atoms with Gasteiger partial charge in [0.15, 0.2) is 0 Å². The van der Waals surface area contributed by atoms with Gasteiger partial charge in [-0.3, -0.25) is 10.1 Å². The van der Waals surface area contributed by atoms with Crippen LogP contribution in [0.5, 0.6) is 0 Å². The number of anilines is 1. The number of hydrogen-bond donors (Lipinski definition) is 1. The first-order valence-corrected chi connectivity index (χ1v) is 6.16. The topological polar surface area (TPSA) is 88.2 Å². The van der Waals surface area contributed by atoms with Crippen molar-refractivity contribution in [1.29, 1.82) is 5.26 Å². The van der Waals surface area contributed by atoms with E-state index in [0.717, 1.165) is 13.0 Å². The second-order valence-electron chi connectivity index (χ2n) is 4.61. The first kappa shape index (κ1) is 13.3. The summed E-state index contributed by atoms with van der Waals surface area (Å²) >= 11 is 0. The van der Waals surface area contributed by atoms with Gasteiger partial charge in [0.1, 0.15) is 11.6 Å². The molecule has 1 aromatic carbocycles. The zero-order chi connectivity index (χ0) is 13.8. The minimum atomic E-state index is -0.537. The van der Waals surface area contributed by atoms with E-state index in [4.69, 9.17) is 10.00 Å². The van der Waals surface area contributed by atoms with Crippen LogP contribution in [0.15, 0.2) is 18.2 Å². The molecule has 0 radical (unpaired) electrons. The molecular weight excluding hydrogens is 246 g/mol. The van der Waals surface area contributed by atoms with E-state index in [1.165, 1.54) is 12.1 Å². The zero-order valence-electron chi connectivity index (χ0n) is 10.6. The van der Waals surface area contributed by atoms with Gasteiger partial charge in [-0.25, -0.2) is 0 Å². The van der Waals surface area contributed by atoms with Crippen LogP contribution in [-0.4, -0.2) is 24.2 Å². The fourth-order valence-corrected chi connectivity index (χ4v) is 2.18. The molecule has 0 aromatic heterocycles. The monoisotopic (exact) mass is 261 g/mol. The minimum absolute atomic E-state index is 0.0770. The van der Waals surface area contributed by atoms with Crippen LogP contribution in [0.25, 0.3) is 0 Å². The summed E-state index contributed by atoms with van der Waals surface area (Å²) in [5.41, 5.74) is 0.570. The van der Waals surface area contributed by atoms with Crippen LogP contribution in [0, 0.1) is 27.4 Å². The maximum Gasteiger partial charge on any atom is 0.289 e. The van der Waals surface area contributed by atoms with Crippen LogP contribution in [0.1, 0.15) is 18.9 Å². The van der Waals surface area contributed by atoms with Crippen molar-refractivity contribution < 1.29 is 9.66 Å². The van der Waals surface area contributed by atoms with E-state index in [0.29, 0.717) is 18.2 Å². The van der Waals surface area contributed by atoms with E-state index in [1.54, 1.807) is 6.07 Å². The second kappa shape index (κ2) is 5.67. The number of nitrogens with one attached hydrogen (secondary N) is 1. The van der Waals surface area contributed by atoms with Crippen LogP contribution in [0.4, 0.5) is 11.4 Å². The zero-order valence-corrected chi connectivity index (χ0v) is 10.6. The molecule has 6 nitrogen and oxygen atoms in total. The third kappa shape index (κ3) is 3.01. The van der Waals surface area contributed by atoms with Crippen molar-refractivity contribution in [1.82, 2.24) is 0 Å². The van der Waals surface area contributed by atoms with Crippen LogP contribution < -0.4 is 5.32 Å². The third-order valence-corrected chi connectivity index (χ3v) is 3.42. The molecule has 0 aliphatic carbocycles. The van der Waals surface area contributed by atoms with Crippen molar-refractivity contribution in [2.24, 2.45) is 5.92 Å². The summed E-state index contributed by atoms with van der Waals surface area (Å²) in [6, 6.07) is 6.37. The van der Waals surface area contributed by atoms with Gasteiger partial charge in [0, 0.05) is 30.8 Å². The Kier molecular flexibility index (Phi) is 3.97. The first-order chi connectivity index (χ1) is 9.11. The van der Waals surface area contributed by atoms with Crippen molar-refractivity contribution in [3.8, 4) is 6.07 Å². The molecule has 0 amide bonds. The standard InChI is InChI=1S/C13H15N3O3/c1-9-11(4-5-19-9)8-15-12-3-2-10(7-14)13(6-12)16(17)18/h2-3,6,9,11,15H,4-5,8H2,1H3. The minimum Gasteiger partial charge on any atom is -0.384 e. The van der Waals surface area contributed by atoms with Crippen LogP contribution >= 0.6 is 0 Å². The Morgan fingerprint density at radius 3 is 3.00 bits per heavy atom. The van der Waals surface area contributed by atoms with E-state index in [9.17, 15) is 10.1 Å². The normalized spacial score (nSPS) is 21.9. The summed E-state index contributed by atoms with van der Waals surface area (Å²) < 4.78 is 5.46. The number of rotatable bonds is 4. The smallest absolute Gasteiger partial charge is 0.289 e. The number of ether oxygens (including phenoxy) is 1. The summed E-state index contributed by atoms with van der Waals surface area (Å²) in [5, 5.41) is 22.8. The Morgan fingerprint density at radius 1 is 1.63 bits per heavy atom. The molecule has 1 aliphatic rings. The van der Waals surface area contributed by atoms with E-state index in [1.807, 2.05) is 13.0 Å². The fourth-order valence-electron chi connectivity index (χ4n) is 2.18. The highest BCUT2D eigenvalue weighted by atomic mass is 16.6. The lowest BCUT2D eigenvalue weighted by molar-refractivity contribution is -0.385. The number of nitrogens with zero attached hydrogens (tertiary/aromatic N) is 2. The van der Waals surface area contributed by atoms with E-state index in [-0.39, 0.29) is 17.4 Å². The summed E-state index contributed by atoms with van der Waals surface area (Å²) in [4.78, 5) is 10.3. The van der Waals surface area contributed by atoms with Crippen molar-refractivity contribution in [3.63, 3.8) is 0 Å². The Morgan fingerprint density at radius 2 is 2.42 bits per heavy atom. The van der Waals surface area contributed by atoms with Crippen LogP contribution in [0.2, 0.25) is 0 Å². The van der Waals surface area contributed by atoms with Crippen molar-refractivity contribution in [2.75, 3.05) is 18.5 Å². The Hall–Kier alpha value is -2.13. The van der Waals surface area contributed by atoms with Crippen molar-refractivity contribution in [3.05, 3.63) is 33.9 Å². The molecule has 2 rings (SSSR count). The average Bonchev–Trinajstić information content (AvgIpc) is 2.81. The van der Waals surface area contributed by atoms with Gasteiger partial charge in [-0.15, -0.1) is 0 Å². The van der Waals surface area contributed by atoms with Crippen molar-refractivity contribution in [2.45, 2.75) is 19.4 Å². The predicted molar refractivity (Wildman–Crippen MR) is 69.8 cm³/mol. The highest BCUT2D eigenvalue weighted by Crippen LogP contribution is 2.24.